The summed E-state index contributed by atoms with van der Waals surface area (Å²) in [5, 5.41) is 0. The molecule has 1 amide bonds. The number of carbonyl (C=O) groups excluding carboxylic acids is 1. The van der Waals surface area contributed by atoms with Crippen molar-refractivity contribution in [2.45, 2.75) is 44.6 Å². The van der Waals surface area contributed by atoms with E-state index in [1.54, 1.807) is 0 Å². The van der Waals surface area contributed by atoms with E-state index < -0.39 is 0 Å². The molecule has 0 bridgehead atoms. The van der Waals surface area contributed by atoms with Gasteiger partial charge in [-0.05, 0) is 60.4 Å². The van der Waals surface area contributed by atoms with Crippen molar-refractivity contribution in [1.82, 2.24) is 4.90 Å². The minimum Gasteiger partial charge on any atom is -0.448 e. The highest BCUT2D eigenvalue weighted by Gasteiger charge is 2.33. The first kappa shape index (κ1) is 19.0. The predicted molar refractivity (Wildman–Crippen MR) is 112 cm³/mol. The fourth-order valence-corrected chi connectivity index (χ4v) is 4.94. The molecule has 2 unspecified atom stereocenters. The van der Waals surface area contributed by atoms with Gasteiger partial charge in [-0.3, -0.25) is 0 Å². The molecule has 2 aliphatic rings. The number of carbonyl (C=O) groups is 1. The van der Waals surface area contributed by atoms with Crippen molar-refractivity contribution in [3.63, 3.8) is 0 Å². The maximum absolute atomic E-state index is 12.9. The third-order valence-corrected chi connectivity index (χ3v) is 6.44. The molecule has 1 aliphatic carbocycles. The van der Waals surface area contributed by atoms with E-state index in [1.807, 2.05) is 4.90 Å². The van der Waals surface area contributed by atoms with Crippen LogP contribution in [0.25, 0.3) is 11.1 Å². The normalized spacial score (nSPS) is 21.3. The maximum atomic E-state index is 12.9. The van der Waals surface area contributed by atoms with Crippen molar-refractivity contribution in [1.29, 1.82) is 0 Å². The molecule has 4 nitrogen and oxygen atoms in total. The molecule has 1 aliphatic heterocycles. The summed E-state index contributed by atoms with van der Waals surface area (Å²) >= 11 is 0. The maximum Gasteiger partial charge on any atom is 0.410 e. The third kappa shape index (κ3) is 3.53. The van der Waals surface area contributed by atoms with E-state index in [9.17, 15) is 4.79 Å². The van der Waals surface area contributed by atoms with Crippen LogP contribution in [0.5, 0.6) is 0 Å². The van der Waals surface area contributed by atoms with Crippen LogP contribution in [0.15, 0.2) is 48.5 Å². The number of ether oxygens (including phenoxy) is 1. The van der Waals surface area contributed by atoms with Crippen LogP contribution in [0.2, 0.25) is 0 Å². The lowest BCUT2D eigenvalue weighted by molar-refractivity contribution is 0.0579. The van der Waals surface area contributed by atoms with Crippen LogP contribution in [0.3, 0.4) is 0 Å². The summed E-state index contributed by atoms with van der Waals surface area (Å²) in [5.74, 6) is 0.749. The Kier molecular flexibility index (Phi) is 5.67. The molecule has 1 heterocycles. The number of hydrogen-bond donors (Lipinski definition) is 1. The topological polar surface area (TPSA) is 55.6 Å². The zero-order valence-corrected chi connectivity index (χ0v) is 16.6. The van der Waals surface area contributed by atoms with Crippen molar-refractivity contribution in [3.05, 3.63) is 59.7 Å². The lowest BCUT2D eigenvalue weighted by Crippen LogP contribution is -2.46. The second kappa shape index (κ2) is 8.36. The van der Waals surface area contributed by atoms with E-state index in [4.69, 9.17) is 10.5 Å². The number of amides is 1. The van der Waals surface area contributed by atoms with Gasteiger partial charge in [-0.15, -0.1) is 0 Å². The second-order valence-corrected chi connectivity index (χ2v) is 8.03. The third-order valence-electron chi connectivity index (χ3n) is 6.44. The number of nitrogens with zero attached hydrogens (tertiary/aromatic N) is 1. The highest BCUT2D eigenvalue weighted by molar-refractivity contribution is 5.79. The smallest absolute Gasteiger partial charge is 0.410 e. The molecule has 2 aromatic carbocycles. The standard InChI is InChI=1S/C24H30N2O2/c1-2-18-15-17(11-13-25)12-14-26(18)24(27)28-16-23-21-9-5-3-7-19(21)20-8-4-6-10-22(20)23/h3-10,17-18,23H,2,11-16,25H2,1H3. The zero-order chi connectivity index (χ0) is 19.5. The van der Waals surface area contributed by atoms with Gasteiger partial charge in [-0.25, -0.2) is 4.79 Å². The monoisotopic (exact) mass is 378 g/mol. The number of nitrogens with two attached hydrogens (primary N) is 1. The van der Waals surface area contributed by atoms with Gasteiger partial charge in [0.15, 0.2) is 0 Å². The first-order chi connectivity index (χ1) is 13.7. The van der Waals surface area contributed by atoms with Crippen LogP contribution in [0.1, 0.15) is 49.7 Å². The molecule has 148 valence electrons. The predicted octanol–water partition coefficient (Wildman–Crippen LogP) is 4.77. The molecule has 0 spiro atoms. The lowest BCUT2D eigenvalue weighted by atomic mass is 9.87. The summed E-state index contributed by atoms with van der Waals surface area (Å²) in [4.78, 5) is 14.8. The first-order valence-electron chi connectivity index (χ1n) is 10.5. The number of piperidine rings is 1. The van der Waals surface area contributed by atoms with Gasteiger partial charge in [-0.2, -0.15) is 0 Å². The summed E-state index contributed by atoms with van der Waals surface area (Å²) in [7, 11) is 0. The molecule has 0 radical (unpaired) electrons. The van der Waals surface area contributed by atoms with Crippen LogP contribution in [0, 0.1) is 5.92 Å². The molecule has 2 aromatic rings. The van der Waals surface area contributed by atoms with Crippen LogP contribution in [0.4, 0.5) is 4.79 Å². The minimum atomic E-state index is -0.167. The molecule has 28 heavy (non-hydrogen) atoms. The van der Waals surface area contributed by atoms with E-state index in [2.05, 4.69) is 55.5 Å². The molecule has 2 N–H and O–H groups in total. The number of hydrogen-bond acceptors (Lipinski definition) is 3. The summed E-state index contributed by atoms with van der Waals surface area (Å²) in [6.07, 6.45) is 3.91. The van der Waals surface area contributed by atoms with Crippen molar-refractivity contribution in [2.75, 3.05) is 19.7 Å². The second-order valence-electron chi connectivity index (χ2n) is 8.03. The average Bonchev–Trinajstić information content (AvgIpc) is 3.06. The zero-order valence-electron chi connectivity index (χ0n) is 16.6. The number of fused-ring (bicyclic) bond motifs is 3. The van der Waals surface area contributed by atoms with E-state index in [0.717, 1.165) is 38.8 Å². The van der Waals surface area contributed by atoms with Gasteiger partial charge in [0.1, 0.15) is 6.61 Å². The van der Waals surface area contributed by atoms with E-state index >= 15 is 0 Å². The Balaban J connectivity index is 1.45. The van der Waals surface area contributed by atoms with E-state index in [0.29, 0.717) is 12.5 Å². The van der Waals surface area contributed by atoms with Crippen molar-refractivity contribution in [2.24, 2.45) is 11.7 Å². The molecule has 4 heteroatoms. The van der Waals surface area contributed by atoms with Crippen LogP contribution < -0.4 is 5.73 Å². The van der Waals surface area contributed by atoms with Crippen molar-refractivity contribution in [3.8, 4) is 11.1 Å². The molecule has 2 atom stereocenters. The molecule has 0 saturated carbocycles. The lowest BCUT2D eigenvalue weighted by Gasteiger charge is -2.38. The minimum absolute atomic E-state index is 0.117. The SMILES string of the molecule is CCC1CC(CCN)CCN1C(=O)OCC1c2ccccc2-c2ccccc21. The average molecular weight is 379 g/mol. The fraction of sp³-hybridized carbons (Fsp3) is 0.458. The summed E-state index contributed by atoms with van der Waals surface area (Å²) in [6.45, 7) is 4.05. The highest BCUT2D eigenvalue weighted by atomic mass is 16.6. The molecular weight excluding hydrogens is 348 g/mol. The number of likely N-dealkylation sites (tertiary alicyclic amines) is 1. The van der Waals surface area contributed by atoms with Gasteiger partial charge in [0, 0.05) is 18.5 Å². The van der Waals surface area contributed by atoms with Gasteiger partial charge < -0.3 is 15.4 Å². The van der Waals surface area contributed by atoms with Gasteiger partial charge in [0.2, 0.25) is 0 Å². The van der Waals surface area contributed by atoms with Gasteiger partial charge in [0.05, 0.1) is 0 Å². The Morgan fingerprint density at radius 2 is 1.75 bits per heavy atom. The Morgan fingerprint density at radius 1 is 1.11 bits per heavy atom. The van der Waals surface area contributed by atoms with Crippen LogP contribution in [-0.2, 0) is 4.74 Å². The first-order valence-corrected chi connectivity index (χ1v) is 10.5. The molecule has 1 fully saturated rings. The molecule has 1 saturated heterocycles. The van der Waals surface area contributed by atoms with Crippen molar-refractivity contribution < 1.29 is 9.53 Å². The molecule has 0 aromatic heterocycles. The number of rotatable bonds is 5. The molecule has 4 rings (SSSR count). The van der Waals surface area contributed by atoms with Crippen molar-refractivity contribution >= 4 is 6.09 Å². The van der Waals surface area contributed by atoms with Gasteiger partial charge >= 0.3 is 6.09 Å². The highest BCUT2D eigenvalue weighted by Crippen LogP contribution is 2.44. The quantitative estimate of drug-likeness (QED) is 0.815. The fourth-order valence-electron chi connectivity index (χ4n) is 4.94. The Morgan fingerprint density at radius 3 is 2.36 bits per heavy atom. The Bertz CT molecular complexity index is 789. The summed E-state index contributed by atoms with van der Waals surface area (Å²) in [5.41, 5.74) is 10.8. The largest absolute Gasteiger partial charge is 0.448 e. The van der Waals surface area contributed by atoms with Crippen LogP contribution in [-0.4, -0.2) is 36.7 Å². The summed E-state index contributed by atoms with van der Waals surface area (Å²) in [6, 6.07) is 17.2. The Hall–Kier alpha value is -2.33. The van der Waals surface area contributed by atoms with Gasteiger partial charge in [-0.1, -0.05) is 55.5 Å². The van der Waals surface area contributed by atoms with E-state index in [1.165, 1.54) is 22.3 Å². The molecular formula is C24H30N2O2. The van der Waals surface area contributed by atoms with Crippen LogP contribution >= 0.6 is 0 Å². The van der Waals surface area contributed by atoms with E-state index in [-0.39, 0.29) is 18.1 Å². The van der Waals surface area contributed by atoms with Gasteiger partial charge in [0.25, 0.3) is 0 Å². The summed E-state index contributed by atoms with van der Waals surface area (Å²) < 4.78 is 5.87. The number of benzene rings is 2. The Labute approximate surface area is 167 Å².